The number of morpholine rings is 1. The molecular weight excluding hydrogens is 266 g/mol. The van der Waals surface area contributed by atoms with Gasteiger partial charge in [-0.05, 0) is 25.2 Å². The molecule has 0 spiro atoms. The molecule has 0 aromatic heterocycles. The third kappa shape index (κ3) is 2.99. The maximum Gasteiger partial charge on any atom is 0.0619 e. The Labute approximate surface area is 108 Å². The molecule has 16 heavy (non-hydrogen) atoms. The Bertz CT molecular complexity index is 216. The highest BCUT2D eigenvalue weighted by molar-refractivity contribution is 9.09. The molecule has 2 fully saturated rings. The van der Waals surface area contributed by atoms with Crippen LogP contribution in [0.2, 0.25) is 0 Å². The Morgan fingerprint density at radius 3 is 2.69 bits per heavy atom. The topological polar surface area (TPSA) is 12.5 Å². The van der Waals surface area contributed by atoms with Gasteiger partial charge < -0.3 is 4.74 Å². The molecule has 1 aliphatic heterocycles. The first kappa shape index (κ1) is 12.8. The fourth-order valence-corrected chi connectivity index (χ4v) is 3.80. The average Bonchev–Trinajstić information content (AvgIpc) is 2.33. The monoisotopic (exact) mass is 289 g/mol. The molecule has 2 aliphatic rings. The smallest absolute Gasteiger partial charge is 0.0619 e. The minimum atomic E-state index is 0.545. The molecule has 2 rings (SSSR count). The van der Waals surface area contributed by atoms with Crippen molar-refractivity contribution in [1.82, 2.24) is 4.90 Å². The first-order valence-corrected chi connectivity index (χ1v) is 7.76. The number of halogens is 1. The zero-order chi connectivity index (χ0) is 11.4. The van der Waals surface area contributed by atoms with Crippen molar-refractivity contribution in [2.75, 3.05) is 31.6 Å². The molecule has 2 nitrogen and oxygen atoms in total. The van der Waals surface area contributed by atoms with Crippen molar-refractivity contribution in [2.24, 2.45) is 5.41 Å². The first-order chi connectivity index (χ1) is 7.76. The van der Waals surface area contributed by atoms with Gasteiger partial charge in [-0.1, -0.05) is 35.2 Å². The predicted octanol–water partition coefficient (Wildman–Crippen LogP) is 3.05. The molecule has 1 saturated carbocycles. The molecule has 1 atom stereocenters. The summed E-state index contributed by atoms with van der Waals surface area (Å²) >= 11 is 3.76. The Morgan fingerprint density at radius 1 is 1.31 bits per heavy atom. The van der Waals surface area contributed by atoms with Crippen molar-refractivity contribution in [3.8, 4) is 0 Å². The van der Waals surface area contributed by atoms with Crippen LogP contribution in [0, 0.1) is 5.41 Å². The first-order valence-electron chi connectivity index (χ1n) is 6.64. The summed E-state index contributed by atoms with van der Waals surface area (Å²) in [4.78, 5) is 2.64. The molecule has 0 bridgehead atoms. The van der Waals surface area contributed by atoms with Crippen LogP contribution in [0.15, 0.2) is 0 Å². The van der Waals surface area contributed by atoms with E-state index in [9.17, 15) is 0 Å². The molecule has 0 N–H and O–H groups in total. The van der Waals surface area contributed by atoms with Gasteiger partial charge in [0.2, 0.25) is 0 Å². The van der Waals surface area contributed by atoms with E-state index in [1.54, 1.807) is 0 Å². The van der Waals surface area contributed by atoms with Gasteiger partial charge in [-0.25, -0.2) is 0 Å². The highest BCUT2D eigenvalue weighted by atomic mass is 79.9. The highest BCUT2D eigenvalue weighted by Crippen LogP contribution is 2.39. The molecule has 0 aromatic carbocycles. The Kier molecular flexibility index (Phi) is 4.68. The fraction of sp³-hybridized carbons (Fsp3) is 1.00. The van der Waals surface area contributed by atoms with Crippen molar-refractivity contribution in [1.29, 1.82) is 0 Å². The van der Waals surface area contributed by atoms with Gasteiger partial charge >= 0.3 is 0 Å². The largest absolute Gasteiger partial charge is 0.379 e. The summed E-state index contributed by atoms with van der Waals surface area (Å²) in [6.45, 7) is 6.52. The van der Waals surface area contributed by atoms with Crippen LogP contribution in [0.25, 0.3) is 0 Å². The second-order valence-electron chi connectivity index (χ2n) is 5.59. The summed E-state index contributed by atoms with van der Waals surface area (Å²) in [6.07, 6.45) is 7.09. The van der Waals surface area contributed by atoms with Crippen molar-refractivity contribution >= 4 is 15.9 Å². The van der Waals surface area contributed by atoms with Crippen LogP contribution < -0.4 is 0 Å². The fourth-order valence-electron chi connectivity index (χ4n) is 3.06. The summed E-state index contributed by atoms with van der Waals surface area (Å²) in [7, 11) is 0. The average molecular weight is 290 g/mol. The van der Waals surface area contributed by atoms with Gasteiger partial charge in [0.05, 0.1) is 13.2 Å². The van der Waals surface area contributed by atoms with E-state index in [1.807, 2.05) is 0 Å². The molecular formula is C13H24BrNO. The second kappa shape index (κ2) is 5.83. The third-order valence-corrected chi connectivity index (χ3v) is 5.43. The number of hydrogen-bond donors (Lipinski definition) is 0. The van der Waals surface area contributed by atoms with Gasteiger partial charge in [0.15, 0.2) is 0 Å². The zero-order valence-electron chi connectivity index (χ0n) is 10.4. The molecule has 0 amide bonds. The summed E-state index contributed by atoms with van der Waals surface area (Å²) < 4.78 is 5.51. The standard InChI is InChI=1S/C13H24BrNO/c1-12-9-16-8-7-15(12)11-13(10-14)5-3-2-4-6-13/h12H,2-11H2,1H3. The Balaban J connectivity index is 1.93. The molecule has 94 valence electrons. The lowest BCUT2D eigenvalue weighted by molar-refractivity contribution is -0.0225. The van der Waals surface area contributed by atoms with E-state index < -0.39 is 0 Å². The maximum atomic E-state index is 5.51. The van der Waals surface area contributed by atoms with Crippen LogP contribution in [0.3, 0.4) is 0 Å². The van der Waals surface area contributed by atoms with E-state index in [-0.39, 0.29) is 0 Å². The SMILES string of the molecule is CC1COCCN1CC1(CBr)CCCCC1. The minimum Gasteiger partial charge on any atom is -0.379 e. The van der Waals surface area contributed by atoms with Crippen LogP contribution in [-0.2, 0) is 4.74 Å². The molecule has 0 radical (unpaired) electrons. The molecule has 1 unspecified atom stereocenters. The van der Waals surface area contributed by atoms with E-state index in [0.717, 1.165) is 19.8 Å². The van der Waals surface area contributed by atoms with Gasteiger partial charge in [0, 0.05) is 24.5 Å². The lowest BCUT2D eigenvalue weighted by Crippen LogP contribution is -2.49. The molecule has 1 saturated heterocycles. The Morgan fingerprint density at radius 2 is 2.06 bits per heavy atom. The van der Waals surface area contributed by atoms with Crippen LogP contribution in [0.4, 0.5) is 0 Å². The number of hydrogen-bond acceptors (Lipinski definition) is 2. The van der Waals surface area contributed by atoms with E-state index in [4.69, 9.17) is 4.74 Å². The summed E-state index contributed by atoms with van der Waals surface area (Å²) in [5.74, 6) is 0. The summed E-state index contributed by atoms with van der Waals surface area (Å²) in [5.41, 5.74) is 0.545. The second-order valence-corrected chi connectivity index (χ2v) is 6.15. The molecule has 1 aliphatic carbocycles. The van der Waals surface area contributed by atoms with Gasteiger partial charge in [-0.3, -0.25) is 4.90 Å². The maximum absolute atomic E-state index is 5.51. The van der Waals surface area contributed by atoms with Crippen molar-refractivity contribution < 1.29 is 4.74 Å². The number of nitrogens with zero attached hydrogens (tertiary/aromatic N) is 1. The van der Waals surface area contributed by atoms with Crippen molar-refractivity contribution in [2.45, 2.75) is 45.1 Å². The summed E-state index contributed by atoms with van der Waals surface area (Å²) in [6, 6.07) is 0.603. The molecule has 1 heterocycles. The van der Waals surface area contributed by atoms with Crippen LogP contribution in [0.5, 0.6) is 0 Å². The lowest BCUT2D eigenvalue weighted by atomic mass is 9.75. The number of alkyl halides is 1. The van der Waals surface area contributed by atoms with Gasteiger partial charge in [-0.2, -0.15) is 0 Å². The molecule has 0 aromatic rings. The third-order valence-electron chi connectivity index (χ3n) is 4.24. The quantitative estimate of drug-likeness (QED) is 0.741. The van der Waals surface area contributed by atoms with E-state index in [1.165, 1.54) is 44.0 Å². The number of ether oxygens (including phenoxy) is 1. The Hall–Kier alpha value is 0.400. The van der Waals surface area contributed by atoms with Gasteiger partial charge in [0.25, 0.3) is 0 Å². The van der Waals surface area contributed by atoms with Crippen molar-refractivity contribution in [3.05, 3.63) is 0 Å². The van der Waals surface area contributed by atoms with E-state index in [2.05, 4.69) is 27.8 Å². The summed E-state index contributed by atoms with van der Waals surface area (Å²) in [5, 5.41) is 1.17. The van der Waals surface area contributed by atoms with Gasteiger partial charge in [-0.15, -0.1) is 0 Å². The van der Waals surface area contributed by atoms with Gasteiger partial charge in [0.1, 0.15) is 0 Å². The van der Waals surface area contributed by atoms with E-state index >= 15 is 0 Å². The molecule has 3 heteroatoms. The van der Waals surface area contributed by atoms with E-state index in [0.29, 0.717) is 11.5 Å². The highest BCUT2D eigenvalue weighted by Gasteiger charge is 2.34. The van der Waals surface area contributed by atoms with Crippen LogP contribution >= 0.6 is 15.9 Å². The normalized spacial score (nSPS) is 31.5. The minimum absolute atomic E-state index is 0.545. The zero-order valence-corrected chi connectivity index (χ0v) is 12.0. The van der Waals surface area contributed by atoms with Crippen LogP contribution in [0.1, 0.15) is 39.0 Å². The number of rotatable bonds is 3. The van der Waals surface area contributed by atoms with Crippen LogP contribution in [-0.4, -0.2) is 42.6 Å². The predicted molar refractivity (Wildman–Crippen MR) is 71.2 cm³/mol. The van der Waals surface area contributed by atoms with Crippen molar-refractivity contribution in [3.63, 3.8) is 0 Å². The lowest BCUT2D eigenvalue weighted by Gasteiger charge is -2.43.